The molecule has 7 N–H and O–H groups in total. The SMILES string of the molecule is NC(N)=Nc1ccc2c(c1)C(NCC(=O)NCCC(=O)O)CCC2. The third-order valence-electron chi connectivity index (χ3n) is 3.87. The first-order chi connectivity index (χ1) is 11.5. The van der Waals surface area contributed by atoms with E-state index in [0.717, 1.165) is 24.8 Å². The van der Waals surface area contributed by atoms with Crippen molar-refractivity contribution in [2.24, 2.45) is 16.5 Å². The number of carbonyl (C=O) groups excluding carboxylic acids is 1. The van der Waals surface area contributed by atoms with Gasteiger partial charge in [0.15, 0.2) is 5.96 Å². The van der Waals surface area contributed by atoms with Gasteiger partial charge in [-0.2, -0.15) is 0 Å². The number of carbonyl (C=O) groups is 2. The van der Waals surface area contributed by atoms with Gasteiger partial charge in [0, 0.05) is 12.6 Å². The summed E-state index contributed by atoms with van der Waals surface area (Å²) in [7, 11) is 0. The number of nitrogens with zero attached hydrogens (tertiary/aromatic N) is 1. The van der Waals surface area contributed by atoms with E-state index >= 15 is 0 Å². The van der Waals surface area contributed by atoms with Crippen LogP contribution in [0.3, 0.4) is 0 Å². The van der Waals surface area contributed by atoms with Crippen molar-refractivity contribution < 1.29 is 14.7 Å². The van der Waals surface area contributed by atoms with Gasteiger partial charge in [-0.15, -0.1) is 0 Å². The molecule has 0 heterocycles. The maximum Gasteiger partial charge on any atom is 0.305 e. The van der Waals surface area contributed by atoms with Crippen molar-refractivity contribution in [1.29, 1.82) is 0 Å². The Labute approximate surface area is 140 Å². The summed E-state index contributed by atoms with van der Waals surface area (Å²) in [6, 6.07) is 5.87. The molecule has 1 aliphatic rings. The topological polar surface area (TPSA) is 143 Å². The molecule has 1 aromatic carbocycles. The highest BCUT2D eigenvalue weighted by atomic mass is 16.4. The average molecular weight is 333 g/mol. The zero-order valence-corrected chi connectivity index (χ0v) is 13.4. The Bertz CT molecular complexity index is 641. The molecule has 0 bridgehead atoms. The molecule has 0 aliphatic heterocycles. The van der Waals surface area contributed by atoms with Crippen LogP contribution >= 0.6 is 0 Å². The molecule has 0 aromatic heterocycles. The van der Waals surface area contributed by atoms with Crippen LogP contribution in [-0.4, -0.2) is 36.0 Å². The van der Waals surface area contributed by atoms with Crippen molar-refractivity contribution in [2.75, 3.05) is 13.1 Å². The van der Waals surface area contributed by atoms with E-state index in [9.17, 15) is 9.59 Å². The molecule has 24 heavy (non-hydrogen) atoms. The van der Waals surface area contributed by atoms with Crippen molar-refractivity contribution in [3.8, 4) is 0 Å². The van der Waals surface area contributed by atoms with E-state index < -0.39 is 5.97 Å². The fourth-order valence-corrected chi connectivity index (χ4v) is 2.80. The third kappa shape index (κ3) is 5.24. The predicted molar refractivity (Wildman–Crippen MR) is 90.9 cm³/mol. The second-order valence-corrected chi connectivity index (χ2v) is 5.74. The smallest absolute Gasteiger partial charge is 0.305 e. The Morgan fingerprint density at radius 1 is 1.33 bits per heavy atom. The molecule has 8 heteroatoms. The molecule has 0 saturated carbocycles. The Kier molecular flexibility index (Phi) is 6.14. The molecule has 0 spiro atoms. The summed E-state index contributed by atoms with van der Waals surface area (Å²) in [5.74, 6) is -1.14. The van der Waals surface area contributed by atoms with Crippen molar-refractivity contribution in [3.05, 3.63) is 29.3 Å². The van der Waals surface area contributed by atoms with Gasteiger partial charge in [0.05, 0.1) is 18.7 Å². The molecule has 1 aromatic rings. The van der Waals surface area contributed by atoms with Crippen LogP contribution < -0.4 is 22.1 Å². The van der Waals surface area contributed by atoms with E-state index in [1.807, 2.05) is 18.2 Å². The lowest BCUT2D eigenvalue weighted by molar-refractivity contribution is -0.136. The van der Waals surface area contributed by atoms with Crippen LogP contribution in [0.1, 0.15) is 36.4 Å². The minimum atomic E-state index is -0.934. The second kappa shape index (κ2) is 8.30. The lowest BCUT2D eigenvalue weighted by Gasteiger charge is -2.26. The van der Waals surface area contributed by atoms with Crippen LogP contribution in [0.2, 0.25) is 0 Å². The highest BCUT2D eigenvalue weighted by Crippen LogP contribution is 2.32. The monoisotopic (exact) mass is 333 g/mol. The molecule has 0 radical (unpaired) electrons. The molecule has 1 atom stereocenters. The normalized spacial score (nSPS) is 16.1. The number of guanidine groups is 1. The van der Waals surface area contributed by atoms with Crippen LogP contribution in [0, 0.1) is 0 Å². The van der Waals surface area contributed by atoms with Crippen molar-refractivity contribution >= 4 is 23.5 Å². The fraction of sp³-hybridized carbons (Fsp3) is 0.438. The first-order valence-corrected chi connectivity index (χ1v) is 7.90. The number of hydrogen-bond donors (Lipinski definition) is 5. The Morgan fingerprint density at radius 2 is 2.12 bits per heavy atom. The molecule has 1 amide bonds. The zero-order valence-electron chi connectivity index (χ0n) is 13.4. The first kappa shape index (κ1) is 17.7. The molecular weight excluding hydrogens is 310 g/mol. The van der Waals surface area contributed by atoms with Gasteiger partial charge in [0.1, 0.15) is 0 Å². The third-order valence-corrected chi connectivity index (χ3v) is 3.87. The standard InChI is InChI=1S/C16H23N5O3/c17-16(18)21-11-5-4-10-2-1-3-13(12(10)8-11)20-9-14(22)19-7-6-15(23)24/h4-5,8,13,20H,1-3,6-7,9H2,(H,19,22)(H,23,24)(H4,17,18,21). The number of nitrogens with two attached hydrogens (primary N) is 2. The van der Waals surface area contributed by atoms with E-state index in [1.54, 1.807) is 0 Å². The minimum Gasteiger partial charge on any atom is -0.481 e. The summed E-state index contributed by atoms with van der Waals surface area (Å²) in [5.41, 5.74) is 13.8. The summed E-state index contributed by atoms with van der Waals surface area (Å²) in [6.07, 6.45) is 2.86. The zero-order chi connectivity index (χ0) is 17.5. The Balaban J connectivity index is 1.97. The van der Waals surface area contributed by atoms with Crippen LogP contribution in [0.4, 0.5) is 5.69 Å². The molecule has 1 unspecified atom stereocenters. The summed E-state index contributed by atoms with van der Waals surface area (Å²) < 4.78 is 0. The number of rotatable bonds is 7. The molecule has 2 rings (SSSR count). The maximum atomic E-state index is 11.8. The van der Waals surface area contributed by atoms with Crippen molar-refractivity contribution in [2.45, 2.75) is 31.7 Å². The number of aliphatic imine (C=N–C) groups is 1. The predicted octanol–water partition coefficient (Wildman–Crippen LogP) is 0.149. The van der Waals surface area contributed by atoms with Gasteiger partial charge in [0.2, 0.25) is 5.91 Å². The number of fused-ring (bicyclic) bond motifs is 1. The highest BCUT2D eigenvalue weighted by molar-refractivity contribution is 5.79. The maximum absolute atomic E-state index is 11.8. The molecule has 1 aliphatic carbocycles. The first-order valence-electron chi connectivity index (χ1n) is 7.90. The fourth-order valence-electron chi connectivity index (χ4n) is 2.80. The lowest BCUT2D eigenvalue weighted by atomic mass is 9.87. The van der Waals surface area contributed by atoms with E-state index in [0.29, 0.717) is 5.69 Å². The van der Waals surface area contributed by atoms with Crippen LogP contribution in [-0.2, 0) is 16.0 Å². The van der Waals surface area contributed by atoms with Crippen LogP contribution in [0.15, 0.2) is 23.2 Å². The van der Waals surface area contributed by atoms with Crippen molar-refractivity contribution in [3.63, 3.8) is 0 Å². The lowest BCUT2D eigenvalue weighted by Crippen LogP contribution is -2.37. The van der Waals surface area contributed by atoms with Gasteiger partial charge in [-0.3, -0.25) is 9.59 Å². The molecule has 130 valence electrons. The van der Waals surface area contributed by atoms with E-state index in [4.69, 9.17) is 16.6 Å². The number of benzene rings is 1. The summed E-state index contributed by atoms with van der Waals surface area (Å²) in [6.45, 7) is 0.266. The highest BCUT2D eigenvalue weighted by Gasteiger charge is 2.21. The molecule has 0 fully saturated rings. The van der Waals surface area contributed by atoms with Gasteiger partial charge < -0.3 is 27.2 Å². The number of hydrogen-bond acceptors (Lipinski definition) is 4. The Hall–Kier alpha value is -2.61. The van der Waals surface area contributed by atoms with Crippen LogP contribution in [0.25, 0.3) is 0 Å². The van der Waals surface area contributed by atoms with Crippen molar-refractivity contribution in [1.82, 2.24) is 10.6 Å². The van der Waals surface area contributed by atoms with Gasteiger partial charge in [-0.05, 0) is 42.5 Å². The number of carboxylic acids is 1. The summed E-state index contributed by atoms with van der Waals surface area (Å²) >= 11 is 0. The number of amides is 1. The Morgan fingerprint density at radius 3 is 2.83 bits per heavy atom. The average Bonchev–Trinajstić information content (AvgIpc) is 2.52. The molecular formula is C16H23N5O3. The number of aliphatic carboxylic acids is 1. The van der Waals surface area contributed by atoms with E-state index in [2.05, 4.69) is 15.6 Å². The van der Waals surface area contributed by atoms with E-state index in [1.165, 1.54) is 5.56 Å². The van der Waals surface area contributed by atoms with Gasteiger partial charge in [-0.25, -0.2) is 4.99 Å². The number of nitrogens with one attached hydrogen (secondary N) is 2. The quantitative estimate of drug-likeness (QED) is 0.355. The van der Waals surface area contributed by atoms with Gasteiger partial charge in [0.25, 0.3) is 0 Å². The second-order valence-electron chi connectivity index (χ2n) is 5.74. The summed E-state index contributed by atoms with van der Waals surface area (Å²) in [5, 5.41) is 14.4. The van der Waals surface area contributed by atoms with Crippen LogP contribution in [0.5, 0.6) is 0 Å². The van der Waals surface area contributed by atoms with Gasteiger partial charge >= 0.3 is 5.97 Å². The molecule has 0 saturated heterocycles. The number of carboxylic acid groups (broad SMARTS) is 1. The number of aryl methyl sites for hydroxylation is 1. The largest absolute Gasteiger partial charge is 0.481 e. The summed E-state index contributed by atoms with van der Waals surface area (Å²) in [4.78, 5) is 26.3. The van der Waals surface area contributed by atoms with Gasteiger partial charge in [-0.1, -0.05) is 6.07 Å². The molecule has 8 nitrogen and oxygen atoms in total. The van der Waals surface area contributed by atoms with E-state index in [-0.39, 0.29) is 37.4 Å². The minimum absolute atomic E-state index is 0.00748.